The molecule has 154 valence electrons. The number of aryl methyl sites for hydroxylation is 1. The Morgan fingerprint density at radius 3 is 2.70 bits per heavy atom. The molecule has 0 radical (unpaired) electrons. The lowest BCUT2D eigenvalue weighted by atomic mass is 9.94. The van der Waals surface area contributed by atoms with E-state index in [1.54, 1.807) is 18.4 Å². The highest BCUT2D eigenvalue weighted by molar-refractivity contribution is 7.16. The Labute approximate surface area is 180 Å². The number of fused-ring (bicyclic) bond motifs is 3. The first-order chi connectivity index (χ1) is 14.7. The number of amides is 1. The summed E-state index contributed by atoms with van der Waals surface area (Å²) in [4.78, 5) is 14.2. The van der Waals surface area contributed by atoms with Crippen LogP contribution in [0.3, 0.4) is 0 Å². The quantitative estimate of drug-likeness (QED) is 0.605. The summed E-state index contributed by atoms with van der Waals surface area (Å²) in [6.07, 6.45) is 4.16. The second-order valence-corrected chi connectivity index (χ2v) is 8.76. The van der Waals surface area contributed by atoms with Gasteiger partial charge in [0.2, 0.25) is 0 Å². The number of carbonyl (C=O) groups excluding carboxylic acids is 1. The molecule has 5 nitrogen and oxygen atoms in total. The number of nitrogens with one attached hydrogen (secondary N) is 2. The highest BCUT2D eigenvalue weighted by Gasteiger charge is 2.32. The Morgan fingerprint density at radius 2 is 1.87 bits per heavy atom. The third-order valence-corrected chi connectivity index (χ3v) is 6.93. The molecule has 0 saturated carbocycles. The highest BCUT2D eigenvalue weighted by atomic mass is 32.1. The van der Waals surface area contributed by atoms with Gasteiger partial charge < -0.3 is 20.1 Å². The predicted octanol–water partition coefficient (Wildman–Crippen LogP) is 5.07. The molecule has 2 N–H and O–H groups in total. The van der Waals surface area contributed by atoms with Crippen LogP contribution in [-0.2, 0) is 19.4 Å². The van der Waals surface area contributed by atoms with Gasteiger partial charge in [-0.1, -0.05) is 36.4 Å². The topological polar surface area (TPSA) is 59.6 Å². The molecular weight excluding hydrogens is 396 g/mol. The minimum Gasteiger partial charge on any atom is -0.493 e. The van der Waals surface area contributed by atoms with Crippen molar-refractivity contribution in [2.24, 2.45) is 0 Å². The van der Waals surface area contributed by atoms with Crippen molar-refractivity contribution >= 4 is 22.2 Å². The molecule has 0 spiro atoms. The Kier molecular flexibility index (Phi) is 5.09. The number of benzene rings is 2. The number of anilines is 1. The van der Waals surface area contributed by atoms with Gasteiger partial charge in [-0.3, -0.25) is 4.79 Å². The van der Waals surface area contributed by atoms with Crippen molar-refractivity contribution in [2.45, 2.75) is 38.5 Å². The van der Waals surface area contributed by atoms with Gasteiger partial charge in [0.05, 0.1) is 12.7 Å². The summed E-state index contributed by atoms with van der Waals surface area (Å²) in [5, 5.41) is 7.62. The van der Waals surface area contributed by atoms with Gasteiger partial charge in [-0.15, -0.1) is 11.3 Å². The lowest BCUT2D eigenvalue weighted by Gasteiger charge is -2.27. The van der Waals surface area contributed by atoms with Crippen LogP contribution in [0.2, 0.25) is 0 Å². The summed E-state index contributed by atoms with van der Waals surface area (Å²) < 4.78 is 11.5. The predicted molar refractivity (Wildman–Crippen MR) is 119 cm³/mol. The monoisotopic (exact) mass is 420 g/mol. The van der Waals surface area contributed by atoms with Crippen LogP contribution in [0.15, 0.2) is 48.5 Å². The zero-order chi connectivity index (χ0) is 20.5. The van der Waals surface area contributed by atoms with E-state index in [4.69, 9.17) is 9.47 Å². The third kappa shape index (κ3) is 3.52. The summed E-state index contributed by atoms with van der Waals surface area (Å²) in [7, 11) is 1.63. The van der Waals surface area contributed by atoms with Crippen LogP contribution in [-0.4, -0.2) is 13.0 Å². The molecule has 2 aromatic carbocycles. The van der Waals surface area contributed by atoms with Gasteiger partial charge in [0, 0.05) is 4.88 Å². The molecule has 2 heterocycles. The molecule has 30 heavy (non-hydrogen) atoms. The van der Waals surface area contributed by atoms with Crippen molar-refractivity contribution < 1.29 is 14.3 Å². The van der Waals surface area contributed by atoms with E-state index in [9.17, 15) is 4.79 Å². The van der Waals surface area contributed by atoms with Crippen LogP contribution in [0.25, 0.3) is 0 Å². The van der Waals surface area contributed by atoms with Crippen LogP contribution >= 0.6 is 11.3 Å². The first-order valence-corrected chi connectivity index (χ1v) is 11.1. The molecule has 0 bridgehead atoms. The average molecular weight is 421 g/mol. The van der Waals surface area contributed by atoms with E-state index in [-0.39, 0.29) is 12.1 Å². The third-order valence-electron chi connectivity index (χ3n) is 5.71. The standard InChI is InChI=1S/C24H24N2O3S/c1-28-19-13-16(11-12-18(19)29-14-15-7-3-2-4-8-15)22-25-23(27)21-17-9-5-6-10-20(17)30-24(21)26-22/h2-4,7-8,11-13,22,26H,5-6,9-10,14H2,1H3,(H,25,27)/t22-/m0/s1. The van der Waals surface area contributed by atoms with Crippen molar-refractivity contribution in [3.63, 3.8) is 0 Å². The molecule has 3 aromatic rings. The van der Waals surface area contributed by atoms with E-state index in [2.05, 4.69) is 10.6 Å². The van der Waals surface area contributed by atoms with E-state index in [0.717, 1.165) is 41.0 Å². The minimum atomic E-state index is -0.290. The minimum absolute atomic E-state index is 0.0107. The molecule has 0 fully saturated rings. The number of ether oxygens (including phenoxy) is 2. The van der Waals surface area contributed by atoms with Gasteiger partial charge in [0.15, 0.2) is 11.5 Å². The number of methoxy groups -OCH3 is 1. The zero-order valence-corrected chi connectivity index (χ0v) is 17.7. The largest absolute Gasteiger partial charge is 0.493 e. The van der Waals surface area contributed by atoms with Gasteiger partial charge in [0.25, 0.3) is 5.91 Å². The van der Waals surface area contributed by atoms with Gasteiger partial charge in [-0.2, -0.15) is 0 Å². The number of carbonyl (C=O) groups is 1. The maximum absolute atomic E-state index is 12.9. The van der Waals surface area contributed by atoms with Crippen molar-refractivity contribution in [3.8, 4) is 11.5 Å². The Bertz CT molecular complexity index is 1080. The lowest BCUT2D eigenvalue weighted by molar-refractivity contribution is 0.0935. The van der Waals surface area contributed by atoms with Crippen molar-refractivity contribution in [3.05, 3.63) is 75.7 Å². The first-order valence-electron chi connectivity index (χ1n) is 10.3. The first kappa shape index (κ1) is 19.0. The highest BCUT2D eigenvalue weighted by Crippen LogP contribution is 2.42. The number of hydrogen-bond acceptors (Lipinski definition) is 5. The van der Waals surface area contributed by atoms with Crippen molar-refractivity contribution in [1.82, 2.24) is 5.32 Å². The fourth-order valence-corrected chi connectivity index (χ4v) is 5.48. The number of rotatable bonds is 5. The van der Waals surface area contributed by atoms with Crippen LogP contribution in [0.5, 0.6) is 11.5 Å². The zero-order valence-electron chi connectivity index (χ0n) is 16.9. The number of hydrogen-bond donors (Lipinski definition) is 2. The lowest BCUT2D eigenvalue weighted by Crippen LogP contribution is -2.38. The van der Waals surface area contributed by atoms with Gasteiger partial charge >= 0.3 is 0 Å². The maximum atomic E-state index is 12.9. The smallest absolute Gasteiger partial charge is 0.256 e. The van der Waals surface area contributed by atoms with Crippen LogP contribution in [0.1, 0.15) is 50.9 Å². The molecule has 1 aromatic heterocycles. The fourth-order valence-electron chi connectivity index (χ4n) is 4.16. The molecular formula is C24H24N2O3S. The van der Waals surface area contributed by atoms with Crippen LogP contribution in [0.4, 0.5) is 5.00 Å². The molecule has 1 amide bonds. The molecule has 1 aliphatic heterocycles. The molecule has 0 saturated heterocycles. The maximum Gasteiger partial charge on any atom is 0.256 e. The molecule has 5 rings (SSSR count). The number of thiophene rings is 1. The van der Waals surface area contributed by atoms with Gasteiger partial charge in [-0.05, 0) is 54.5 Å². The van der Waals surface area contributed by atoms with E-state index in [1.165, 1.54) is 16.9 Å². The summed E-state index contributed by atoms with van der Waals surface area (Å²) >= 11 is 1.73. The fraction of sp³-hybridized carbons (Fsp3) is 0.292. The molecule has 0 unspecified atom stereocenters. The normalized spacial score (nSPS) is 17.4. The summed E-state index contributed by atoms with van der Waals surface area (Å²) in [6, 6.07) is 15.8. The van der Waals surface area contributed by atoms with Gasteiger partial charge in [-0.25, -0.2) is 0 Å². The second-order valence-electron chi connectivity index (χ2n) is 7.65. The molecule has 1 atom stereocenters. The van der Waals surface area contributed by atoms with Crippen LogP contribution in [0, 0.1) is 0 Å². The van der Waals surface area contributed by atoms with Gasteiger partial charge in [0.1, 0.15) is 17.8 Å². The van der Waals surface area contributed by atoms with Crippen molar-refractivity contribution in [1.29, 1.82) is 0 Å². The van der Waals surface area contributed by atoms with Crippen LogP contribution < -0.4 is 20.1 Å². The summed E-state index contributed by atoms with van der Waals surface area (Å²) in [5.74, 6) is 1.34. The Morgan fingerprint density at radius 1 is 1.03 bits per heavy atom. The Hall–Kier alpha value is -2.99. The summed E-state index contributed by atoms with van der Waals surface area (Å²) in [6.45, 7) is 0.471. The molecule has 2 aliphatic rings. The average Bonchev–Trinajstić information content (AvgIpc) is 3.17. The molecule has 6 heteroatoms. The Balaban J connectivity index is 1.37. The SMILES string of the molecule is COc1cc([C@H]2NC(=O)c3c(sc4c3CCCC4)N2)ccc1OCc1ccccc1. The van der Waals surface area contributed by atoms with E-state index in [0.29, 0.717) is 18.1 Å². The van der Waals surface area contributed by atoms with E-state index >= 15 is 0 Å². The second kappa shape index (κ2) is 8.03. The molecule has 1 aliphatic carbocycles. The van der Waals surface area contributed by atoms with Crippen molar-refractivity contribution in [2.75, 3.05) is 12.4 Å². The van der Waals surface area contributed by atoms with E-state index < -0.39 is 0 Å². The van der Waals surface area contributed by atoms with E-state index in [1.807, 2.05) is 48.5 Å². The summed E-state index contributed by atoms with van der Waals surface area (Å²) in [5.41, 5.74) is 4.12.